The number of rotatable bonds is 5. The maximum atomic E-state index is 13.3. The van der Waals surface area contributed by atoms with E-state index in [-0.39, 0.29) is 11.0 Å². The Labute approximate surface area is 102 Å². The van der Waals surface area contributed by atoms with Gasteiger partial charge >= 0.3 is 13.1 Å². The first-order valence-electron chi connectivity index (χ1n) is 5.06. The Bertz CT molecular complexity index is 427. The minimum absolute atomic E-state index is 0.0349. The summed E-state index contributed by atoms with van der Waals surface area (Å²) < 4.78 is 17.7. The van der Waals surface area contributed by atoms with E-state index in [0.29, 0.717) is 0 Å². The fourth-order valence-electron chi connectivity index (χ4n) is 1.18. The predicted octanol–water partition coefficient (Wildman–Crippen LogP) is -2.10. The minimum Gasteiger partial charge on any atom is -0.504 e. The molecular weight excluding hydrogens is 246 g/mol. The number of benzene rings is 1. The summed E-state index contributed by atoms with van der Waals surface area (Å²) in [5, 5.41) is 35.6. The Morgan fingerprint density at radius 2 is 2.11 bits per heavy atom. The van der Waals surface area contributed by atoms with Gasteiger partial charge in [-0.1, -0.05) is 12.1 Å². The fraction of sp³-hybridized carbons (Fsp3) is 0.300. The first-order chi connectivity index (χ1) is 8.49. The molecule has 0 amide bonds. The lowest BCUT2D eigenvalue weighted by atomic mass is 9.79. The highest BCUT2D eigenvalue weighted by molar-refractivity contribution is 6.61. The van der Waals surface area contributed by atoms with Crippen LogP contribution in [0.2, 0.25) is 0 Å². The lowest BCUT2D eigenvalue weighted by Gasteiger charge is -2.11. The second kappa shape index (κ2) is 6.46. The molecule has 1 aromatic rings. The Kier molecular flexibility index (Phi) is 5.23. The van der Waals surface area contributed by atoms with Gasteiger partial charge in [0, 0.05) is 5.56 Å². The van der Waals surface area contributed by atoms with Crippen molar-refractivity contribution in [2.24, 2.45) is 0 Å². The van der Waals surface area contributed by atoms with Crippen LogP contribution in [0.3, 0.4) is 0 Å². The van der Waals surface area contributed by atoms with Crippen LogP contribution in [-0.4, -0.2) is 46.1 Å². The maximum absolute atomic E-state index is 13.3. The molecular formula is C10H12BFO6. The van der Waals surface area contributed by atoms with E-state index >= 15 is 0 Å². The van der Waals surface area contributed by atoms with Crippen LogP contribution in [-0.2, 0) is 16.1 Å². The van der Waals surface area contributed by atoms with E-state index < -0.39 is 38.2 Å². The molecule has 1 aromatic carbocycles. The van der Waals surface area contributed by atoms with Crippen LogP contribution in [0.15, 0.2) is 18.2 Å². The van der Waals surface area contributed by atoms with Crippen LogP contribution in [0.1, 0.15) is 5.56 Å². The number of hydrogen-bond acceptors (Lipinski definition) is 6. The van der Waals surface area contributed by atoms with Crippen LogP contribution in [0.25, 0.3) is 0 Å². The monoisotopic (exact) mass is 258 g/mol. The summed E-state index contributed by atoms with van der Waals surface area (Å²) in [7, 11) is -1.76. The molecule has 18 heavy (non-hydrogen) atoms. The van der Waals surface area contributed by atoms with Gasteiger partial charge in [-0.15, -0.1) is 0 Å². The topological polar surface area (TPSA) is 107 Å². The Morgan fingerprint density at radius 1 is 1.44 bits per heavy atom. The number of aliphatic hydroxyl groups excluding tert-OH is 3. The van der Waals surface area contributed by atoms with Gasteiger partial charge in [0.05, 0.1) is 13.2 Å². The zero-order chi connectivity index (χ0) is 13.7. The molecule has 1 rings (SSSR count). The number of carbonyl (C=O) groups excluding carboxylic acids is 1. The fourth-order valence-corrected chi connectivity index (χ4v) is 1.18. The molecule has 0 aromatic heterocycles. The van der Waals surface area contributed by atoms with E-state index in [9.17, 15) is 14.2 Å². The van der Waals surface area contributed by atoms with Crippen molar-refractivity contribution in [2.45, 2.75) is 12.7 Å². The second-order valence-electron chi connectivity index (χ2n) is 3.50. The Balaban J connectivity index is 2.75. The van der Waals surface area contributed by atoms with Crippen molar-refractivity contribution >= 4 is 18.6 Å². The number of halogens is 1. The first kappa shape index (κ1) is 14.6. The number of carbonyl (C=O) groups is 1. The second-order valence-corrected chi connectivity index (χ2v) is 3.50. The van der Waals surface area contributed by atoms with Crippen molar-refractivity contribution in [3.05, 3.63) is 29.6 Å². The quantitative estimate of drug-likeness (QED) is 0.451. The van der Waals surface area contributed by atoms with Crippen molar-refractivity contribution in [2.75, 3.05) is 6.61 Å². The molecule has 0 spiro atoms. The van der Waals surface area contributed by atoms with Crippen LogP contribution < -0.4 is 5.46 Å². The molecule has 0 bridgehead atoms. The van der Waals surface area contributed by atoms with Gasteiger partial charge in [-0.2, -0.15) is 0 Å². The third-order valence-electron chi connectivity index (χ3n) is 2.21. The smallest absolute Gasteiger partial charge is 0.504 e. The predicted molar refractivity (Wildman–Crippen MR) is 59.1 cm³/mol. The van der Waals surface area contributed by atoms with Crippen molar-refractivity contribution in [1.82, 2.24) is 0 Å². The molecule has 0 aliphatic heterocycles. The number of hydrogen-bond donors (Lipinski definition) is 4. The summed E-state index contributed by atoms with van der Waals surface area (Å²) >= 11 is 0. The van der Waals surface area contributed by atoms with Crippen molar-refractivity contribution < 1.29 is 34.2 Å². The zero-order valence-corrected chi connectivity index (χ0v) is 9.28. The van der Waals surface area contributed by atoms with Crippen LogP contribution >= 0.6 is 0 Å². The lowest BCUT2D eigenvalue weighted by Crippen LogP contribution is -2.40. The van der Waals surface area contributed by atoms with E-state index in [2.05, 4.69) is 4.65 Å². The van der Waals surface area contributed by atoms with E-state index in [4.69, 9.17) is 15.3 Å². The molecule has 0 aliphatic carbocycles. The van der Waals surface area contributed by atoms with Gasteiger partial charge in [0.2, 0.25) is 0 Å². The lowest BCUT2D eigenvalue weighted by molar-refractivity contribution is -0.146. The average molecular weight is 258 g/mol. The minimum atomic E-state index is -1.76. The van der Waals surface area contributed by atoms with Crippen molar-refractivity contribution in [1.29, 1.82) is 0 Å². The van der Waals surface area contributed by atoms with Gasteiger partial charge in [0.25, 0.3) is 0 Å². The van der Waals surface area contributed by atoms with Crippen LogP contribution in [0, 0.1) is 5.82 Å². The molecule has 0 saturated carbocycles. The number of aliphatic hydroxyl groups is 3. The molecule has 0 radical (unpaired) electrons. The molecule has 98 valence electrons. The zero-order valence-electron chi connectivity index (χ0n) is 9.28. The molecule has 6 nitrogen and oxygen atoms in total. The third kappa shape index (κ3) is 3.51. The summed E-state index contributed by atoms with van der Waals surface area (Å²) in [5.41, 5.74) is -0.0177. The molecule has 0 aliphatic rings. The summed E-state index contributed by atoms with van der Waals surface area (Å²) in [5.74, 6) is -1.98. The van der Waals surface area contributed by atoms with Crippen LogP contribution in [0.5, 0.6) is 0 Å². The normalized spacial score (nSPS) is 12.1. The highest BCUT2D eigenvalue weighted by atomic mass is 19.1. The van der Waals surface area contributed by atoms with Gasteiger partial charge in [-0.05, 0) is 11.5 Å². The molecule has 0 fully saturated rings. The van der Waals surface area contributed by atoms with Gasteiger partial charge < -0.3 is 25.0 Å². The Hall–Kier alpha value is -1.48. The van der Waals surface area contributed by atoms with E-state index in [1.165, 1.54) is 12.1 Å². The summed E-state index contributed by atoms with van der Waals surface area (Å²) in [4.78, 5) is 11.0. The molecule has 0 saturated heterocycles. The highest BCUT2D eigenvalue weighted by Crippen LogP contribution is 2.05. The first-order valence-corrected chi connectivity index (χ1v) is 5.06. The van der Waals surface area contributed by atoms with Gasteiger partial charge in [-0.3, -0.25) is 4.79 Å². The van der Waals surface area contributed by atoms with Crippen LogP contribution in [0.4, 0.5) is 4.39 Å². The largest absolute Gasteiger partial charge is 0.562 e. The molecule has 1 atom stereocenters. The van der Waals surface area contributed by atoms with Crippen molar-refractivity contribution in [3.63, 3.8) is 0 Å². The average Bonchev–Trinajstić information content (AvgIpc) is 2.37. The van der Waals surface area contributed by atoms with Gasteiger partial charge in [0.1, 0.15) is 5.82 Å². The summed E-state index contributed by atoms with van der Waals surface area (Å²) in [6, 6.07) is 3.39. The van der Waals surface area contributed by atoms with Gasteiger partial charge in [-0.25, -0.2) is 4.39 Å². The molecule has 1 unspecified atom stereocenters. The SMILES string of the molecule is O=C(OB(O)c1ccc(CO)c(F)c1)C(O)CO. The standard InChI is InChI=1S/C10H12BFO6/c12-8-3-7(2-1-6(8)4-13)11(17)18-10(16)9(15)5-14/h1-3,9,13-15,17H,4-5H2. The van der Waals surface area contributed by atoms with E-state index in [1.807, 2.05) is 0 Å². The maximum Gasteiger partial charge on any atom is 0.562 e. The van der Waals surface area contributed by atoms with Gasteiger partial charge in [0.15, 0.2) is 6.10 Å². The van der Waals surface area contributed by atoms with E-state index in [0.717, 1.165) is 6.07 Å². The molecule has 4 N–H and O–H groups in total. The summed E-state index contributed by atoms with van der Waals surface area (Å²) in [6.07, 6.45) is -1.76. The summed E-state index contributed by atoms with van der Waals surface area (Å²) in [6.45, 7) is -1.34. The Morgan fingerprint density at radius 3 is 2.61 bits per heavy atom. The van der Waals surface area contributed by atoms with E-state index in [1.54, 1.807) is 0 Å². The highest BCUT2D eigenvalue weighted by Gasteiger charge is 2.26. The van der Waals surface area contributed by atoms with Crippen molar-refractivity contribution in [3.8, 4) is 0 Å². The third-order valence-corrected chi connectivity index (χ3v) is 2.21. The molecule has 8 heteroatoms. The molecule has 0 heterocycles.